The van der Waals surface area contributed by atoms with E-state index in [4.69, 9.17) is 4.74 Å². The number of likely N-dealkylation sites (tertiary alicyclic amines) is 1. The Hall–Kier alpha value is -2.57. The van der Waals surface area contributed by atoms with Gasteiger partial charge in [-0.2, -0.15) is 0 Å². The van der Waals surface area contributed by atoms with Gasteiger partial charge in [-0.3, -0.25) is 14.4 Å². The molecule has 0 unspecified atom stereocenters. The predicted octanol–water partition coefficient (Wildman–Crippen LogP) is 2.36. The molecule has 1 aromatic rings. The standard InChI is InChI=1S/C22H33N3O4/c1-3-5-6-13-23-21(27)18-11-14-25(15-12-18)20(26)16-24-22(28)17-7-9-19(10-8-17)29-4-2/h7-10,18H,3-6,11-16H2,1-2H3,(H,23,27)(H,24,28). The second-order valence-electron chi connectivity index (χ2n) is 7.29. The third-order valence-electron chi connectivity index (χ3n) is 5.13. The number of carbonyl (C=O) groups excluding carboxylic acids is 3. The fourth-order valence-electron chi connectivity index (χ4n) is 3.36. The van der Waals surface area contributed by atoms with Crippen molar-refractivity contribution in [1.29, 1.82) is 0 Å². The van der Waals surface area contributed by atoms with Crippen LogP contribution in [0.25, 0.3) is 0 Å². The van der Waals surface area contributed by atoms with Crippen LogP contribution in [0.2, 0.25) is 0 Å². The Bertz CT molecular complexity index is 667. The van der Waals surface area contributed by atoms with Crippen molar-refractivity contribution < 1.29 is 19.1 Å². The molecule has 1 aromatic carbocycles. The number of amides is 3. The number of rotatable bonds is 10. The smallest absolute Gasteiger partial charge is 0.251 e. The Morgan fingerprint density at radius 2 is 1.72 bits per heavy atom. The number of nitrogens with one attached hydrogen (secondary N) is 2. The zero-order valence-electron chi connectivity index (χ0n) is 17.5. The summed E-state index contributed by atoms with van der Waals surface area (Å²) in [5.41, 5.74) is 0.486. The molecular formula is C22H33N3O4. The van der Waals surface area contributed by atoms with Crippen LogP contribution in [0.4, 0.5) is 0 Å². The van der Waals surface area contributed by atoms with Crippen LogP contribution >= 0.6 is 0 Å². The number of nitrogens with zero attached hydrogens (tertiary/aromatic N) is 1. The molecule has 0 atom stereocenters. The average molecular weight is 404 g/mol. The number of carbonyl (C=O) groups is 3. The summed E-state index contributed by atoms with van der Waals surface area (Å²) in [6, 6.07) is 6.82. The van der Waals surface area contributed by atoms with Gasteiger partial charge in [0.25, 0.3) is 5.91 Å². The van der Waals surface area contributed by atoms with Crippen LogP contribution in [0.1, 0.15) is 56.3 Å². The lowest BCUT2D eigenvalue weighted by Gasteiger charge is -2.31. The first-order valence-corrected chi connectivity index (χ1v) is 10.6. The molecule has 1 saturated heterocycles. The van der Waals surface area contributed by atoms with Gasteiger partial charge in [0, 0.05) is 31.1 Å². The fourth-order valence-corrected chi connectivity index (χ4v) is 3.36. The van der Waals surface area contributed by atoms with Gasteiger partial charge < -0.3 is 20.3 Å². The molecule has 1 aliphatic heterocycles. The van der Waals surface area contributed by atoms with E-state index in [1.165, 1.54) is 0 Å². The van der Waals surface area contributed by atoms with Crippen molar-refractivity contribution in [3.8, 4) is 5.75 Å². The van der Waals surface area contributed by atoms with E-state index in [0.717, 1.165) is 25.8 Å². The van der Waals surface area contributed by atoms with Crippen molar-refractivity contribution in [1.82, 2.24) is 15.5 Å². The minimum atomic E-state index is -0.289. The first kappa shape index (κ1) is 22.7. The van der Waals surface area contributed by atoms with Crippen LogP contribution in [-0.2, 0) is 9.59 Å². The van der Waals surface area contributed by atoms with Gasteiger partial charge in [-0.15, -0.1) is 0 Å². The van der Waals surface area contributed by atoms with Crippen LogP contribution in [-0.4, -0.2) is 55.4 Å². The summed E-state index contributed by atoms with van der Waals surface area (Å²) < 4.78 is 5.36. The summed E-state index contributed by atoms with van der Waals surface area (Å²) in [5, 5.41) is 5.66. The summed E-state index contributed by atoms with van der Waals surface area (Å²) >= 11 is 0. The number of benzene rings is 1. The molecule has 160 valence electrons. The Morgan fingerprint density at radius 3 is 2.34 bits per heavy atom. The van der Waals surface area contributed by atoms with E-state index in [-0.39, 0.29) is 30.2 Å². The molecule has 3 amide bonds. The van der Waals surface area contributed by atoms with Gasteiger partial charge in [0.05, 0.1) is 13.2 Å². The highest BCUT2D eigenvalue weighted by atomic mass is 16.5. The molecule has 1 aliphatic rings. The third-order valence-corrected chi connectivity index (χ3v) is 5.13. The fraction of sp³-hybridized carbons (Fsp3) is 0.591. The zero-order valence-corrected chi connectivity index (χ0v) is 17.5. The first-order chi connectivity index (χ1) is 14.0. The summed E-state index contributed by atoms with van der Waals surface area (Å²) in [4.78, 5) is 38.5. The lowest BCUT2D eigenvalue weighted by Crippen LogP contribution is -2.46. The zero-order chi connectivity index (χ0) is 21.1. The minimum absolute atomic E-state index is 0.0286. The number of unbranched alkanes of at least 4 members (excludes halogenated alkanes) is 2. The molecule has 29 heavy (non-hydrogen) atoms. The Balaban J connectivity index is 1.69. The molecule has 0 radical (unpaired) electrons. The van der Waals surface area contributed by atoms with Crippen LogP contribution in [0.3, 0.4) is 0 Å². The van der Waals surface area contributed by atoms with Crippen LogP contribution in [0.15, 0.2) is 24.3 Å². The molecule has 7 heteroatoms. The van der Waals surface area contributed by atoms with Gasteiger partial charge >= 0.3 is 0 Å². The minimum Gasteiger partial charge on any atom is -0.494 e. The van der Waals surface area contributed by atoms with Crippen LogP contribution in [0, 0.1) is 5.92 Å². The molecule has 2 rings (SSSR count). The number of hydrogen-bond donors (Lipinski definition) is 2. The molecule has 0 spiro atoms. The van der Waals surface area contributed by atoms with E-state index in [1.807, 2.05) is 6.92 Å². The topological polar surface area (TPSA) is 87.7 Å². The van der Waals surface area contributed by atoms with Gasteiger partial charge in [-0.1, -0.05) is 19.8 Å². The van der Waals surface area contributed by atoms with Crippen LogP contribution in [0.5, 0.6) is 5.75 Å². The molecule has 1 heterocycles. The van der Waals surface area contributed by atoms with E-state index < -0.39 is 0 Å². The summed E-state index contributed by atoms with van der Waals surface area (Å²) in [7, 11) is 0. The Kier molecular flexibility index (Phi) is 9.47. The van der Waals surface area contributed by atoms with E-state index in [1.54, 1.807) is 29.2 Å². The maximum Gasteiger partial charge on any atom is 0.251 e. The van der Waals surface area contributed by atoms with Crippen molar-refractivity contribution in [3.05, 3.63) is 29.8 Å². The normalized spacial score (nSPS) is 14.3. The maximum absolute atomic E-state index is 12.4. The predicted molar refractivity (Wildman–Crippen MR) is 112 cm³/mol. The largest absolute Gasteiger partial charge is 0.494 e. The first-order valence-electron chi connectivity index (χ1n) is 10.6. The summed E-state index contributed by atoms with van der Waals surface area (Å²) in [6.45, 7) is 6.38. The average Bonchev–Trinajstić information content (AvgIpc) is 2.75. The van der Waals surface area contributed by atoms with Gasteiger partial charge in [-0.05, 0) is 50.5 Å². The third kappa shape index (κ3) is 7.40. The number of ether oxygens (including phenoxy) is 1. The highest BCUT2D eigenvalue weighted by Gasteiger charge is 2.27. The lowest BCUT2D eigenvalue weighted by molar-refractivity contribution is -0.134. The lowest BCUT2D eigenvalue weighted by atomic mass is 9.96. The van der Waals surface area contributed by atoms with E-state index in [0.29, 0.717) is 43.9 Å². The second kappa shape index (κ2) is 12.1. The van der Waals surface area contributed by atoms with Gasteiger partial charge in [0.2, 0.25) is 11.8 Å². The number of piperidine rings is 1. The van der Waals surface area contributed by atoms with Gasteiger partial charge in [0.1, 0.15) is 5.75 Å². The Labute approximate surface area is 173 Å². The van der Waals surface area contributed by atoms with E-state index >= 15 is 0 Å². The highest BCUT2D eigenvalue weighted by Crippen LogP contribution is 2.17. The van der Waals surface area contributed by atoms with Crippen molar-refractivity contribution in [2.75, 3.05) is 32.8 Å². The molecule has 7 nitrogen and oxygen atoms in total. The molecule has 0 aromatic heterocycles. The number of hydrogen-bond acceptors (Lipinski definition) is 4. The molecule has 2 N–H and O–H groups in total. The van der Waals surface area contributed by atoms with Gasteiger partial charge in [-0.25, -0.2) is 0 Å². The molecule has 0 saturated carbocycles. The van der Waals surface area contributed by atoms with E-state index in [2.05, 4.69) is 17.6 Å². The highest BCUT2D eigenvalue weighted by molar-refractivity contribution is 5.96. The van der Waals surface area contributed by atoms with Crippen molar-refractivity contribution >= 4 is 17.7 Å². The molecule has 1 fully saturated rings. The van der Waals surface area contributed by atoms with Crippen molar-refractivity contribution in [2.45, 2.75) is 46.0 Å². The quantitative estimate of drug-likeness (QED) is 0.587. The molecular weight excluding hydrogens is 370 g/mol. The van der Waals surface area contributed by atoms with Crippen LogP contribution < -0.4 is 15.4 Å². The molecule has 0 aliphatic carbocycles. The summed E-state index contributed by atoms with van der Waals surface area (Å²) in [5.74, 6) is 0.363. The summed E-state index contributed by atoms with van der Waals surface area (Å²) in [6.07, 6.45) is 4.59. The van der Waals surface area contributed by atoms with Crippen molar-refractivity contribution in [3.63, 3.8) is 0 Å². The molecule has 0 bridgehead atoms. The Morgan fingerprint density at radius 1 is 1.03 bits per heavy atom. The second-order valence-corrected chi connectivity index (χ2v) is 7.29. The SMILES string of the molecule is CCCCCNC(=O)C1CCN(C(=O)CNC(=O)c2ccc(OCC)cc2)CC1. The van der Waals surface area contributed by atoms with Crippen molar-refractivity contribution in [2.24, 2.45) is 5.92 Å². The van der Waals surface area contributed by atoms with Gasteiger partial charge in [0.15, 0.2) is 0 Å². The van der Waals surface area contributed by atoms with E-state index in [9.17, 15) is 14.4 Å². The maximum atomic E-state index is 12.4. The monoisotopic (exact) mass is 403 g/mol.